The number of thiophene rings is 1. The third-order valence-electron chi connectivity index (χ3n) is 3.96. The molecule has 1 saturated carbocycles. The second kappa shape index (κ2) is 6.34. The lowest BCUT2D eigenvalue weighted by molar-refractivity contribution is -0.144. The molecule has 0 aliphatic heterocycles. The van der Waals surface area contributed by atoms with Crippen LogP contribution in [0.15, 0.2) is 16.8 Å². The van der Waals surface area contributed by atoms with Crippen LogP contribution < -0.4 is 5.32 Å². The first-order chi connectivity index (χ1) is 8.68. The summed E-state index contributed by atoms with van der Waals surface area (Å²) in [4.78, 5) is 11.2. The fourth-order valence-corrected chi connectivity index (χ4v) is 3.50. The SMILES string of the molecule is CC(NCC1CCCCC1C(=O)O)c1ccsc1. The van der Waals surface area contributed by atoms with Gasteiger partial charge in [0.2, 0.25) is 0 Å². The molecule has 3 unspecified atom stereocenters. The Bertz CT molecular complexity index is 377. The first-order valence-electron chi connectivity index (χ1n) is 6.66. The molecule has 1 heterocycles. The van der Waals surface area contributed by atoms with Gasteiger partial charge in [-0.2, -0.15) is 11.3 Å². The van der Waals surface area contributed by atoms with Crippen LogP contribution in [0, 0.1) is 11.8 Å². The average molecular weight is 267 g/mol. The van der Waals surface area contributed by atoms with Gasteiger partial charge in [0, 0.05) is 6.04 Å². The van der Waals surface area contributed by atoms with E-state index >= 15 is 0 Å². The van der Waals surface area contributed by atoms with Crippen molar-refractivity contribution < 1.29 is 9.90 Å². The molecule has 2 N–H and O–H groups in total. The zero-order chi connectivity index (χ0) is 13.0. The molecule has 0 bridgehead atoms. The largest absolute Gasteiger partial charge is 0.481 e. The van der Waals surface area contributed by atoms with E-state index in [0.29, 0.717) is 6.04 Å². The Labute approximate surface area is 112 Å². The van der Waals surface area contributed by atoms with Crippen LogP contribution in [0.5, 0.6) is 0 Å². The van der Waals surface area contributed by atoms with Gasteiger partial charge in [0.15, 0.2) is 0 Å². The minimum atomic E-state index is -0.621. The predicted molar refractivity (Wildman–Crippen MR) is 73.8 cm³/mol. The van der Waals surface area contributed by atoms with Crippen LogP contribution in [0.3, 0.4) is 0 Å². The summed E-state index contributed by atoms with van der Waals surface area (Å²) in [5, 5.41) is 16.9. The summed E-state index contributed by atoms with van der Waals surface area (Å²) in [5.74, 6) is -0.483. The van der Waals surface area contributed by atoms with Crippen molar-refractivity contribution in [2.45, 2.75) is 38.6 Å². The Morgan fingerprint density at radius 2 is 2.33 bits per heavy atom. The molecular formula is C14H21NO2S. The Kier molecular flexibility index (Phi) is 4.78. The molecule has 2 rings (SSSR count). The molecule has 100 valence electrons. The normalized spacial score (nSPS) is 25.8. The van der Waals surface area contributed by atoms with E-state index in [1.54, 1.807) is 11.3 Å². The molecule has 3 atom stereocenters. The molecule has 18 heavy (non-hydrogen) atoms. The van der Waals surface area contributed by atoms with E-state index in [1.807, 2.05) is 0 Å². The average Bonchev–Trinajstić information content (AvgIpc) is 2.90. The van der Waals surface area contributed by atoms with Crippen LogP contribution in [0.25, 0.3) is 0 Å². The molecule has 0 amide bonds. The van der Waals surface area contributed by atoms with Crippen molar-refractivity contribution in [2.75, 3.05) is 6.54 Å². The number of rotatable bonds is 5. The molecule has 0 radical (unpaired) electrons. The van der Waals surface area contributed by atoms with Crippen molar-refractivity contribution in [3.8, 4) is 0 Å². The molecule has 1 fully saturated rings. The van der Waals surface area contributed by atoms with Gasteiger partial charge in [0.05, 0.1) is 5.92 Å². The first kappa shape index (κ1) is 13.6. The van der Waals surface area contributed by atoms with Crippen molar-refractivity contribution >= 4 is 17.3 Å². The number of hydrogen-bond donors (Lipinski definition) is 2. The summed E-state index contributed by atoms with van der Waals surface area (Å²) in [5.41, 5.74) is 1.29. The fourth-order valence-electron chi connectivity index (χ4n) is 2.74. The molecule has 4 heteroatoms. The van der Waals surface area contributed by atoms with Crippen LogP contribution in [-0.4, -0.2) is 17.6 Å². The number of aliphatic carboxylic acids is 1. The highest BCUT2D eigenvalue weighted by Crippen LogP contribution is 2.30. The Balaban J connectivity index is 1.86. The van der Waals surface area contributed by atoms with Crippen LogP contribution >= 0.6 is 11.3 Å². The van der Waals surface area contributed by atoms with Crippen molar-refractivity contribution in [3.63, 3.8) is 0 Å². The van der Waals surface area contributed by atoms with Crippen molar-refractivity contribution in [3.05, 3.63) is 22.4 Å². The molecule has 0 aromatic carbocycles. The van der Waals surface area contributed by atoms with Gasteiger partial charge >= 0.3 is 5.97 Å². The van der Waals surface area contributed by atoms with E-state index < -0.39 is 5.97 Å². The maximum atomic E-state index is 11.2. The Morgan fingerprint density at radius 3 is 3.00 bits per heavy atom. The highest BCUT2D eigenvalue weighted by atomic mass is 32.1. The molecule has 1 aliphatic rings. The lowest BCUT2D eigenvalue weighted by Gasteiger charge is -2.29. The molecular weight excluding hydrogens is 246 g/mol. The highest BCUT2D eigenvalue weighted by Gasteiger charge is 2.30. The lowest BCUT2D eigenvalue weighted by Crippen LogP contribution is -2.35. The van der Waals surface area contributed by atoms with E-state index in [2.05, 4.69) is 29.1 Å². The number of carboxylic acid groups (broad SMARTS) is 1. The molecule has 1 aliphatic carbocycles. The van der Waals surface area contributed by atoms with Gasteiger partial charge in [0.25, 0.3) is 0 Å². The zero-order valence-electron chi connectivity index (χ0n) is 10.8. The quantitative estimate of drug-likeness (QED) is 0.860. The maximum absolute atomic E-state index is 11.2. The molecule has 3 nitrogen and oxygen atoms in total. The minimum absolute atomic E-state index is 0.152. The Hall–Kier alpha value is -0.870. The van der Waals surface area contributed by atoms with Crippen LogP contribution in [0.2, 0.25) is 0 Å². The third-order valence-corrected chi connectivity index (χ3v) is 4.66. The Morgan fingerprint density at radius 1 is 1.56 bits per heavy atom. The van der Waals surface area contributed by atoms with Gasteiger partial charge in [-0.3, -0.25) is 4.79 Å². The molecule has 0 saturated heterocycles. The van der Waals surface area contributed by atoms with E-state index in [9.17, 15) is 9.90 Å². The summed E-state index contributed by atoms with van der Waals surface area (Å²) in [6.45, 7) is 2.95. The topological polar surface area (TPSA) is 49.3 Å². The summed E-state index contributed by atoms with van der Waals surface area (Å²) < 4.78 is 0. The van der Waals surface area contributed by atoms with Crippen molar-refractivity contribution in [1.82, 2.24) is 5.32 Å². The van der Waals surface area contributed by atoms with Gasteiger partial charge in [0.1, 0.15) is 0 Å². The van der Waals surface area contributed by atoms with Crippen molar-refractivity contribution in [1.29, 1.82) is 0 Å². The monoisotopic (exact) mass is 267 g/mol. The third kappa shape index (κ3) is 3.33. The summed E-state index contributed by atoms with van der Waals surface area (Å²) >= 11 is 1.70. The minimum Gasteiger partial charge on any atom is -0.481 e. The molecule has 1 aromatic rings. The highest BCUT2D eigenvalue weighted by molar-refractivity contribution is 7.07. The van der Waals surface area contributed by atoms with E-state index in [1.165, 1.54) is 12.0 Å². The van der Waals surface area contributed by atoms with Crippen LogP contribution in [0.1, 0.15) is 44.2 Å². The first-order valence-corrected chi connectivity index (χ1v) is 7.61. The fraction of sp³-hybridized carbons (Fsp3) is 0.643. The standard InChI is InChI=1S/C14H21NO2S/c1-10(12-6-7-18-9-12)15-8-11-4-2-3-5-13(11)14(16)17/h6-7,9-11,13,15H,2-5,8H2,1H3,(H,16,17). The molecule has 1 aromatic heterocycles. The molecule has 0 spiro atoms. The second-order valence-electron chi connectivity index (χ2n) is 5.18. The summed E-state index contributed by atoms with van der Waals surface area (Å²) in [6, 6.07) is 2.44. The second-order valence-corrected chi connectivity index (χ2v) is 5.96. The van der Waals surface area contributed by atoms with Gasteiger partial charge in [-0.25, -0.2) is 0 Å². The summed E-state index contributed by atoms with van der Waals surface area (Å²) in [7, 11) is 0. The number of hydrogen-bond acceptors (Lipinski definition) is 3. The number of nitrogens with one attached hydrogen (secondary N) is 1. The van der Waals surface area contributed by atoms with Gasteiger partial charge < -0.3 is 10.4 Å². The van der Waals surface area contributed by atoms with E-state index in [4.69, 9.17) is 0 Å². The van der Waals surface area contributed by atoms with Crippen LogP contribution in [0.4, 0.5) is 0 Å². The van der Waals surface area contributed by atoms with Gasteiger partial charge in [-0.15, -0.1) is 0 Å². The smallest absolute Gasteiger partial charge is 0.306 e. The zero-order valence-corrected chi connectivity index (χ0v) is 11.6. The summed E-state index contributed by atoms with van der Waals surface area (Å²) in [6.07, 6.45) is 4.12. The van der Waals surface area contributed by atoms with Gasteiger partial charge in [-0.1, -0.05) is 12.8 Å². The van der Waals surface area contributed by atoms with E-state index in [-0.39, 0.29) is 11.8 Å². The number of carboxylic acids is 1. The van der Waals surface area contributed by atoms with Crippen molar-refractivity contribution in [2.24, 2.45) is 11.8 Å². The van der Waals surface area contributed by atoms with Gasteiger partial charge in [-0.05, 0) is 54.6 Å². The number of carbonyl (C=O) groups is 1. The van der Waals surface area contributed by atoms with Crippen LogP contribution in [-0.2, 0) is 4.79 Å². The lowest BCUT2D eigenvalue weighted by atomic mass is 9.79. The maximum Gasteiger partial charge on any atom is 0.306 e. The van der Waals surface area contributed by atoms with E-state index in [0.717, 1.165) is 25.8 Å². The predicted octanol–water partition coefficient (Wildman–Crippen LogP) is 3.29.